The van der Waals surface area contributed by atoms with Gasteiger partial charge in [-0.3, -0.25) is 0 Å². The lowest BCUT2D eigenvalue weighted by Crippen LogP contribution is -2.19. The van der Waals surface area contributed by atoms with E-state index in [9.17, 15) is 0 Å². The molecule has 0 aliphatic carbocycles. The minimum absolute atomic E-state index is 0.156. The molecular formula is C44H49NO. The average Bonchev–Trinajstić information content (AvgIpc) is 3.09. The Kier molecular flexibility index (Phi) is 10.2. The highest BCUT2D eigenvalue weighted by atomic mass is 16.5. The number of rotatable bonds is 13. The summed E-state index contributed by atoms with van der Waals surface area (Å²) in [6.45, 7) is 17.7. The van der Waals surface area contributed by atoms with Crippen LogP contribution in [0.3, 0.4) is 0 Å². The molecule has 0 spiro atoms. The number of benzene rings is 5. The molecule has 0 unspecified atom stereocenters. The Labute approximate surface area is 277 Å². The predicted octanol–water partition coefficient (Wildman–Crippen LogP) is 13.4. The molecule has 5 aromatic carbocycles. The Morgan fingerprint density at radius 1 is 0.565 bits per heavy atom. The first kappa shape index (κ1) is 32.8. The van der Waals surface area contributed by atoms with E-state index in [0.717, 1.165) is 52.5 Å². The third-order valence-corrected chi connectivity index (χ3v) is 9.83. The third-order valence-electron chi connectivity index (χ3n) is 9.83. The molecule has 2 heteroatoms. The van der Waals surface area contributed by atoms with Crippen molar-refractivity contribution in [3.63, 3.8) is 0 Å². The normalized spacial score (nSPS) is 11.7. The molecule has 46 heavy (non-hydrogen) atoms. The van der Waals surface area contributed by atoms with Crippen LogP contribution in [0.4, 0.5) is 17.1 Å². The second kappa shape index (κ2) is 14.3. The largest absolute Gasteiger partial charge is 0.457 e. The molecule has 0 heterocycles. The number of nitrogens with zero attached hydrogens (tertiary/aromatic N) is 1. The van der Waals surface area contributed by atoms with Gasteiger partial charge in [0.2, 0.25) is 0 Å². The zero-order valence-electron chi connectivity index (χ0n) is 28.5. The van der Waals surface area contributed by atoms with E-state index < -0.39 is 0 Å². The molecule has 236 valence electrons. The van der Waals surface area contributed by atoms with E-state index in [-0.39, 0.29) is 10.8 Å². The van der Waals surface area contributed by atoms with Gasteiger partial charge in [-0.25, -0.2) is 0 Å². The lowest BCUT2D eigenvalue weighted by Gasteiger charge is -2.30. The van der Waals surface area contributed by atoms with E-state index in [2.05, 4.69) is 138 Å². The molecule has 0 N–H and O–H groups in total. The van der Waals surface area contributed by atoms with Gasteiger partial charge in [-0.15, -0.1) is 0 Å². The van der Waals surface area contributed by atoms with Crippen molar-refractivity contribution in [3.8, 4) is 22.6 Å². The monoisotopic (exact) mass is 607 g/mol. The van der Waals surface area contributed by atoms with Crippen LogP contribution >= 0.6 is 0 Å². The number of anilines is 3. The van der Waals surface area contributed by atoms with Crippen LogP contribution in [0.2, 0.25) is 0 Å². The van der Waals surface area contributed by atoms with Gasteiger partial charge >= 0.3 is 0 Å². The van der Waals surface area contributed by atoms with Crippen LogP contribution in [-0.4, -0.2) is 0 Å². The van der Waals surface area contributed by atoms with Gasteiger partial charge in [0.1, 0.15) is 11.5 Å². The van der Waals surface area contributed by atoms with Crippen LogP contribution in [0.1, 0.15) is 83.9 Å². The van der Waals surface area contributed by atoms with Crippen molar-refractivity contribution >= 4 is 23.1 Å². The van der Waals surface area contributed by atoms with Crippen molar-refractivity contribution in [1.82, 2.24) is 0 Å². The van der Waals surface area contributed by atoms with Crippen LogP contribution in [0.15, 0.2) is 128 Å². The molecule has 0 aromatic heterocycles. The molecule has 0 saturated heterocycles. The molecule has 0 bridgehead atoms. The standard InChI is InChI=1S/C44H49NO/c1-8-32-43(5,6)36-18-24-39(25-19-36)45(40-26-20-37(21-27-40)44(7,10-3)11-4)38-22-14-34(15-23-38)35-16-30-42(31-17-35)46-41-28-12-33(9-2)13-29-41/h9,12-31H,2,8,10-11,32H2,1,3-7H3. The zero-order chi connectivity index (χ0) is 32.7. The fourth-order valence-corrected chi connectivity index (χ4v) is 6.28. The predicted molar refractivity (Wildman–Crippen MR) is 199 cm³/mol. The summed E-state index contributed by atoms with van der Waals surface area (Å²) in [4.78, 5) is 2.37. The number of hydrogen-bond acceptors (Lipinski definition) is 2. The SMILES string of the molecule is C=Cc1ccc(Oc2ccc(-c3ccc(N(c4ccc(C(C)(C)CCC)cc4)c4ccc(C(C)(CC)CC)cc4)cc3)cc2)cc1. The van der Waals surface area contributed by atoms with Gasteiger partial charge in [0.05, 0.1) is 0 Å². The van der Waals surface area contributed by atoms with Gasteiger partial charge in [0.15, 0.2) is 0 Å². The second-order valence-electron chi connectivity index (χ2n) is 13.3. The smallest absolute Gasteiger partial charge is 0.127 e. The van der Waals surface area contributed by atoms with Gasteiger partial charge in [-0.05, 0) is 119 Å². The Balaban J connectivity index is 1.43. The van der Waals surface area contributed by atoms with Crippen molar-refractivity contribution in [1.29, 1.82) is 0 Å². The number of hydrogen-bond donors (Lipinski definition) is 0. The Morgan fingerprint density at radius 2 is 0.978 bits per heavy atom. The Morgan fingerprint density at radius 3 is 1.41 bits per heavy atom. The summed E-state index contributed by atoms with van der Waals surface area (Å²) in [5.74, 6) is 1.63. The first-order valence-electron chi connectivity index (χ1n) is 16.8. The molecule has 0 amide bonds. The van der Waals surface area contributed by atoms with E-state index in [0.29, 0.717) is 0 Å². The van der Waals surface area contributed by atoms with Crippen LogP contribution in [0, 0.1) is 0 Å². The summed E-state index contributed by atoms with van der Waals surface area (Å²) >= 11 is 0. The lowest BCUT2D eigenvalue weighted by molar-refractivity contribution is 0.439. The van der Waals surface area contributed by atoms with Crippen molar-refractivity contribution < 1.29 is 4.74 Å². The first-order chi connectivity index (χ1) is 22.2. The van der Waals surface area contributed by atoms with Crippen molar-refractivity contribution in [2.24, 2.45) is 0 Å². The highest BCUT2D eigenvalue weighted by Gasteiger charge is 2.23. The minimum Gasteiger partial charge on any atom is -0.457 e. The van der Waals surface area contributed by atoms with Crippen LogP contribution < -0.4 is 9.64 Å². The topological polar surface area (TPSA) is 12.5 Å². The molecule has 0 fully saturated rings. The zero-order valence-corrected chi connectivity index (χ0v) is 28.5. The highest BCUT2D eigenvalue weighted by Crippen LogP contribution is 2.39. The first-order valence-corrected chi connectivity index (χ1v) is 16.8. The van der Waals surface area contributed by atoms with E-state index in [4.69, 9.17) is 4.74 Å². The molecule has 0 aliphatic heterocycles. The summed E-state index contributed by atoms with van der Waals surface area (Å²) in [5, 5.41) is 0. The number of ether oxygens (including phenoxy) is 1. The third kappa shape index (κ3) is 7.29. The fourth-order valence-electron chi connectivity index (χ4n) is 6.28. The summed E-state index contributed by atoms with van der Waals surface area (Å²) < 4.78 is 6.06. The fraction of sp³-hybridized carbons (Fsp3) is 0.273. The van der Waals surface area contributed by atoms with Crippen LogP contribution in [-0.2, 0) is 10.8 Å². The van der Waals surface area contributed by atoms with Crippen molar-refractivity contribution in [3.05, 3.63) is 145 Å². The highest BCUT2D eigenvalue weighted by molar-refractivity contribution is 5.78. The van der Waals surface area contributed by atoms with E-state index in [1.165, 1.54) is 29.5 Å². The van der Waals surface area contributed by atoms with Gasteiger partial charge in [-0.2, -0.15) is 0 Å². The summed E-state index contributed by atoms with van der Waals surface area (Å²) in [7, 11) is 0. The van der Waals surface area contributed by atoms with Crippen LogP contribution in [0.25, 0.3) is 17.2 Å². The maximum absolute atomic E-state index is 6.06. The second-order valence-corrected chi connectivity index (χ2v) is 13.3. The maximum Gasteiger partial charge on any atom is 0.127 e. The molecule has 0 saturated carbocycles. The molecule has 5 rings (SSSR count). The van der Waals surface area contributed by atoms with E-state index in [1.54, 1.807) is 0 Å². The Bertz CT molecular complexity index is 1690. The molecule has 0 atom stereocenters. The minimum atomic E-state index is 0.156. The molecular weight excluding hydrogens is 558 g/mol. The summed E-state index contributed by atoms with van der Waals surface area (Å²) in [6.07, 6.45) is 6.42. The average molecular weight is 608 g/mol. The molecule has 0 aliphatic rings. The van der Waals surface area contributed by atoms with E-state index >= 15 is 0 Å². The molecule has 5 aromatic rings. The van der Waals surface area contributed by atoms with Gasteiger partial charge in [0, 0.05) is 17.1 Å². The lowest BCUT2D eigenvalue weighted by atomic mass is 9.78. The van der Waals surface area contributed by atoms with E-state index in [1.807, 2.05) is 42.5 Å². The van der Waals surface area contributed by atoms with Crippen molar-refractivity contribution in [2.45, 2.75) is 78.1 Å². The van der Waals surface area contributed by atoms with Gasteiger partial charge in [-0.1, -0.05) is 121 Å². The van der Waals surface area contributed by atoms with Crippen molar-refractivity contribution in [2.75, 3.05) is 4.90 Å². The van der Waals surface area contributed by atoms with Gasteiger partial charge < -0.3 is 9.64 Å². The quantitative estimate of drug-likeness (QED) is 0.132. The van der Waals surface area contributed by atoms with Crippen LogP contribution in [0.5, 0.6) is 11.5 Å². The summed E-state index contributed by atoms with van der Waals surface area (Å²) in [6, 6.07) is 43.5. The molecule has 0 radical (unpaired) electrons. The molecule has 2 nitrogen and oxygen atoms in total. The summed E-state index contributed by atoms with van der Waals surface area (Å²) in [5.41, 5.74) is 9.97. The van der Waals surface area contributed by atoms with Gasteiger partial charge in [0.25, 0.3) is 0 Å². The maximum atomic E-state index is 6.06. The Hall–Kier alpha value is -4.56.